The van der Waals surface area contributed by atoms with Gasteiger partial charge in [-0.05, 0) is 4.48 Å². The van der Waals surface area contributed by atoms with Gasteiger partial charge in [0.2, 0.25) is 0 Å². The quantitative estimate of drug-likeness (QED) is 0.568. The van der Waals surface area contributed by atoms with Crippen molar-refractivity contribution in [1.29, 1.82) is 0 Å². The van der Waals surface area contributed by atoms with Crippen LogP contribution in [0.25, 0.3) is 0 Å². The molecule has 1 aliphatic carbocycles. The molecule has 1 atom stereocenters. The van der Waals surface area contributed by atoms with Gasteiger partial charge in [0.05, 0.1) is 0 Å². The number of carbonyl (C=O) groups excluding carboxylic acids is 1. The summed E-state index contributed by atoms with van der Waals surface area (Å²) in [4.78, 5) is 11.0. The highest BCUT2D eigenvalue weighted by Crippen LogP contribution is 2.39. The first kappa shape index (κ1) is 11.1. The Bertz CT molecular complexity index is 248. The Balaban J connectivity index is 2.60. The second kappa shape index (κ2) is 4.01. The van der Waals surface area contributed by atoms with Gasteiger partial charge in [0.15, 0.2) is 0 Å². The summed E-state index contributed by atoms with van der Waals surface area (Å²) in [6, 6.07) is 0. The van der Waals surface area contributed by atoms with Gasteiger partial charge < -0.3 is 4.74 Å². The van der Waals surface area contributed by atoms with Crippen molar-refractivity contribution in [3.63, 3.8) is 0 Å². The van der Waals surface area contributed by atoms with E-state index in [2.05, 4.69) is 22.0 Å². The molecule has 0 aromatic carbocycles. The van der Waals surface area contributed by atoms with Crippen LogP contribution in [0.1, 0.15) is 20.3 Å². The van der Waals surface area contributed by atoms with Crippen molar-refractivity contribution in [3.05, 3.63) is 10.6 Å². The predicted octanol–water partition coefficient (Wildman–Crippen LogP) is 2.85. The first-order valence-electron chi connectivity index (χ1n) is 4.08. The number of alkyl halides is 1. The van der Waals surface area contributed by atoms with Crippen molar-refractivity contribution in [2.75, 3.05) is 5.88 Å². The van der Waals surface area contributed by atoms with Crippen LogP contribution in [-0.4, -0.2) is 18.0 Å². The van der Waals surface area contributed by atoms with Crippen molar-refractivity contribution in [3.8, 4) is 0 Å². The number of rotatable bonds is 2. The van der Waals surface area contributed by atoms with Gasteiger partial charge >= 0.3 is 5.97 Å². The Hall–Kier alpha value is -0.0200. The molecule has 4 heteroatoms. The monoisotopic (exact) mass is 266 g/mol. The van der Waals surface area contributed by atoms with E-state index in [1.165, 1.54) is 0 Å². The summed E-state index contributed by atoms with van der Waals surface area (Å²) in [5, 5.41) is 0. The van der Waals surface area contributed by atoms with E-state index in [0.29, 0.717) is 0 Å². The lowest BCUT2D eigenvalue weighted by Gasteiger charge is -2.25. The molecular formula is C9H12BrClO2. The van der Waals surface area contributed by atoms with Crippen molar-refractivity contribution in [1.82, 2.24) is 0 Å². The van der Waals surface area contributed by atoms with Crippen molar-refractivity contribution in [2.24, 2.45) is 5.41 Å². The Morgan fingerprint density at radius 2 is 2.46 bits per heavy atom. The summed E-state index contributed by atoms with van der Waals surface area (Å²) in [7, 11) is 0. The molecule has 0 aliphatic heterocycles. The van der Waals surface area contributed by atoms with Crippen molar-refractivity contribution >= 4 is 33.5 Å². The van der Waals surface area contributed by atoms with Gasteiger partial charge in [0, 0.05) is 11.8 Å². The molecule has 0 spiro atoms. The van der Waals surface area contributed by atoms with Gasteiger partial charge in [-0.2, -0.15) is 0 Å². The normalized spacial score (nSPS) is 25.5. The molecule has 0 amide bonds. The highest BCUT2D eigenvalue weighted by Gasteiger charge is 2.36. The summed E-state index contributed by atoms with van der Waals surface area (Å²) in [5.41, 5.74) is -0.0967. The number of esters is 1. The van der Waals surface area contributed by atoms with Crippen LogP contribution in [-0.2, 0) is 9.53 Å². The van der Waals surface area contributed by atoms with Gasteiger partial charge in [-0.3, -0.25) is 4.79 Å². The zero-order valence-corrected chi connectivity index (χ0v) is 9.98. The predicted molar refractivity (Wildman–Crippen MR) is 56.0 cm³/mol. The Kier molecular flexibility index (Phi) is 3.41. The summed E-state index contributed by atoms with van der Waals surface area (Å²) in [6.07, 6.45) is 2.72. The molecule has 0 N–H and O–H groups in total. The van der Waals surface area contributed by atoms with E-state index in [0.717, 1.165) is 10.9 Å². The molecule has 1 unspecified atom stereocenters. The largest absolute Gasteiger partial charge is 0.460 e. The number of halogens is 2. The van der Waals surface area contributed by atoms with E-state index in [1.807, 2.05) is 13.8 Å². The molecule has 1 rings (SSSR count). The van der Waals surface area contributed by atoms with Crippen LogP contribution in [0.2, 0.25) is 0 Å². The number of hydrogen-bond donors (Lipinski definition) is 0. The first-order valence-corrected chi connectivity index (χ1v) is 5.41. The topological polar surface area (TPSA) is 26.3 Å². The van der Waals surface area contributed by atoms with E-state index in [1.54, 1.807) is 0 Å². The number of ether oxygens (including phenoxy) is 1. The molecule has 0 saturated heterocycles. The van der Waals surface area contributed by atoms with Crippen LogP contribution in [0.4, 0.5) is 0 Å². The molecule has 13 heavy (non-hydrogen) atoms. The maximum atomic E-state index is 11.0. The van der Waals surface area contributed by atoms with E-state index in [4.69, 9.17) is 16.3 Å². The summed E-state index contributed by atoms with van der Waals surface area (Å²) >= 11 is 8.76. The van der Waals surface area contributed by atoms with Gasteiger partial charge in [-0.1, -0.05) is 35.9 Å². The SMILES string of the molecule is CC1(C)C=C(Br)CC1OC(=O)CCl. The third kappa shape index (κ3) is 2.71. The standard InChI is InChI=1S/C9H12BrClO2/c1-9(2)4-6(10)3-7(9)13-8(12)5-11/h4,7H,3,5H2,1-2H3. The molecular weight excluding hydrogens is 255 g/mol. The molecule has 0 radical (unpaired) electrons. The number of carbonyl (C=O) groups is 1. The molecule has 74 valence electrons. The zero-order valence-electron chi connectivity index (χ0n) is 7.64. The Morgan fingerprint density at radius 3 is 2.85 bits per heavy atom. The number of hydrogen-bond acceptors (Lipinski definition) is 2. The molecule has 0 saturated carbocycles. The van der Waals surface area contributed by atoms with Crippen LogP contribution in [0, 0.1) is 5.41 Å². The van der Waals surface area contributed by atoms with Gasteiger partial charge in [-0.25, -0.2) is 0 Å². The second-order valence-electron chi connectivity index (χ2n) is 3.73. The van der Waals surface area contributed by atoms with Crippen molar-refractivity contribution < 1.29 is 9.53 Å². The molecule has 2 nitrogen and oxygen atoms in total. The highest BCUT2D eigenvalue weighted by molar-refractivity contribution is 9.11. The fourth-order valence-corrected chi connectivity index (χ4v) is 2.33. The molecule has 0 aromatic rings. The van der Waals surface area contributed by atoms with Crippen LogP contribution in [0.5, 0.6) is 0 Å². The summed E-state index contributed by atoms with van der Waals surface area (Å²) < 4.78 is 6.28. The Labute approximate surface area is 91.4 Å². The van der Waals surface area contributed by atoms with Gasteiger partial charge in [0.25, 0.3) is 0 Å². The third-order valence-corrected chi connectivity index (χ3v) is 2.89. The Morgan fingerprint density at radius 1 is 1.85 bits per heavy atom. The first-order chi connectivity index (χ1) is 5.95. The van der Waals surface area contributed by atoms with Crippen LogP contribution in [0.15, 0.2) is 10.6 Å². The molecule has 0 fully saturated rings. The fraction of sp³-hybridized carbons (Fsp3) is 0.667. The molecule has 1 aliphatic rings. The lowest BCUT2D eigenvalue weighted by atomic mass is 9.90. The fourth-order valence-electron chi connectivity index (χ4n) is 1.38. The van der Waals surface area contributed by atoms with Crippen LogP contribution < -0.4 is 0 Å². The van der Waals surface area contributed by atoms with E-state index in [-0.39, 0.29) is 23.4 Å². The van der Waals surface area contributed by atoms with E-state index in [9.17, 15) is 4.79 Å². The molecule has 0 bridgehead atoms. The van der Waals surface area contributed by atoms with Gasteiger partial charge in [0.1, 0.15) is 12.0 Å². The third-order valence-electron chi connectivity index (χ3n) is 2.12. The highest BCUT2D eigenvalue weighted by atomic mass is 79.9. The lowest BCUT2D eigenvalue weighted by Crippen LogP contribution is -2.29. The van der Waals surface area contributed by atoms with E-state index >= 15 is 0 Å². The minimum Gasteiger partial charge on any atom is -0.460 e. The van der Waals surface area contributed by atoms with Crippen LogP contribution >= 0.6 is 27.5 Å². The maximum absolute atomic E-state index is 11.0. The van der Waals surface area contributed by atoms with Gasteiger partial charge in [-0.15, -0.1) is 11.6 Å². The minimum atomic E-state index is -0.352. The smallest absolute Gasteiger partial charge is 0.321 e. The second-order valence-corrected chi connectivity index (χ2v) is 5.01. The molecule has 0 aromatic heterocycles. The summed E-state index contributed by atoms with van der Waals surface area (Å²) in [6.45, 7) is 4.07. The lowest BCUT2D eigenvalue weighted by molar-refractivity contribution is -0.149. The minimum absolute atomic E-state index is 0.0792. The molecule has 0 heterocycles. The zero-order chi connectivity index (χ0) is 10.1. The van der Waals surface area contributed by atoms with Crippen LogP contribution in [0.3, 0.4) is 0 Å². The van der Waals surface area contributed by atoms with Crippen molar-refractivity contribution in [2.45, 2.75) is 26.4 Å². The average molecular weight is 268 g/mol. The maximum Gasteiger partial charge on any atom is 0.321 e. The average Bonchev–Trinajstić information content (AvgIpc) is 2.24. The van der Waals surface area contributed by atoms with E-state index < -0.39 is 0 Å². The summed E-state index contributed by atoms with van der Waals surface area (Å²) in [5.74, 6) is -0.431.